The van der Waals surface area contributed by atoms with Crippen molar-refractivity contribution in [2.45, 2.75) is 33.7 Å². The number of rotatable bonds is 7. The van der Waals surface area contributed by atoms with E-state index in [0.717, 1.165) is 29.9 Å². The number of thioether (sulfide) groups is 1. The van der Waals surface area contributed by atoms with Gasteiger partial charge in [0.1, 0.15) is 5.56 Å². The van der Waals surface area contributed by atoms with Gasteiger partial charge < -0.3 is 16.0 Å². The molecule has 1 aromatic heterocycles. The first-order chi connectivity index (χ1) is 15.4. The third kappa shape index (κ3) is 4.93. The molecule has 4 rings (SSSR count). The molecule has 4 N–H and O–H groups in total. The van der Waals surface area contributed by atoms with Crippen LogP contribution in [0.4, 0.5) is 11.5 Å². The number of aryl methyl sites for hydroxylation is 2. The first kappa shape index (κ1) is 22.3. The predicted molar refractivity (Wildman–Crippen MR) is 134 cm³/mol. The lowest BCUT2D eigenvalue weighted by Gasteiger charge is -2.28. The fraction of sp³-hybridized carbons (Fsp3) is 0.360. The number of amides is 1. The third-order valence-electron chi connectivity index (χ3n) is 6.23. The minimum Gasteiger partial charge on any atom is -0.370 e. The lowest BCUT2D eigenvalue weighted by Crippen LogP contribution is -2.32. The van der Waals surface area contributed by atoms with Gasteiger partial charge in [-0.05, 0) is 60.7 Å². The van der Waals surface area contributed by atoms with Crippen molar-refractivity contribution in [3.8, 4) is 0 Å². The number of benzene rings is 2. The topological polar surface area (TPSA) is 87.0 Å². The molecule has 3 aromatic rings. The fourth-order valence-corrected chi connectivity index (χ4v) is 5.07. The van der Waals surface area contributed by atoms with Crippen LogP contribution < -0.4 is 16.0 Å². The van der Waals surface area contributed by atoms with E-state index in [4.69, 9.17) is 5.73 Å². The molecule has 168 valence electrons. The molecule has 2 heterocycles. The van der Waals surface area contributed by atoms with E-state index in [0.29, 0.717) is 24.3 Å². The maximum Gasteiger partial charge on any atom is 0.254 e. The Kier molecular flexibility index (Phi) is 6.74. The molecule has 1 amide bonds. The number of H-pyrrole nitrogens is 1. The van der Waals surface area contributed by atoms with E-state index in [1.807, 2.05) is 11.8 Å². The summed E-state index contributed by atoms with van der Waals surface area (Å²) in [6.45, 7) is 9.11. The normalized spacial score (nSPS) is 13.9. The van der Waals surface area contributed by atoms with Crippen LogP contribution in [0, 0.1) is 20.8 Å². The standard InChI is InChI=1S/C25H31N5OS/c1-16-12-20(13-17(2)18(16)3)15-27-25-23(24(26)31)22(28-29-25)14-19-4-6-21(7-5-19)30-8-10-32-11-9-30/h4-7,12-13H,8-11,14-15H2,1-3H3,(H2,26,31)(H2,27,28,29). The van der Waals surface area contributed by atoms with E-state index < -0.39 is 5.91 Å². The minimum absolute atomic E-state index is 0.433. The molecule has 0 saturated carbocycles. The number of nitrogens with one attached hydrogen (secondary N) is 2. The van der Waals surface area contributed by atoms with E-state index in [-0.39, 0.29) is 0 Å². The average molecular weight is 450 g/mol. The predicted octanol–water partition coefficient (Wildman–Crippen LogP) is 4.19. The van der Waals surface area contributed by atoms with Gasteiger partial charge in [0, 0.05) is 43.2 Å². The van der Waals surface area contributed by atoms with E-state index >= 15 is 0 Å². The molecule has 0 unspecified atom stereocenters. The summed E-state index contributed by atoms with van der Waals surface area (Å²) in [5, 5.41) is 10.7. The van der Waals surface area contributed by atoms with E-state index in [1.54, 1.807) is 0 Å². The number of primary amides is 1. The smallest absolute Gasteiger partial charge is 0.254 e. The summed E-state index contributed by atoms with van der Waals surface area (Å²) in [6.07, 6.45) is 0.575. The van der Waals surface area contributed by atoms with Crippen LogP contribution in [-0.4, -0.2) is 40.7 Å². The second kappa shape index (κ2) is 9.69. The first-order valence-corrected chi connectivity index (χ1v) is 12.2. The highest BCUT2D eigenvalue weighted by atomic mass is 32.2. The molecule has 0 radical (unpaired) electrons. The van der Waals surface area contributed by atoms with Crippen molar-refractivity contribution >= 4 is 29.2 Å². The fourth-order valence-electron chi connectivity index (χ4n) is 4.16. The summed E-state index contributed by atoms with van der Waals surface area (Å²) in [5.41, 5.74) is 14.2. The second-order valence-electron chi connectivity index (χ2n) is 8.44. The van der Waals surface area contributed by atoms with Crippen molar-refractivity contribution in [2.75, 3.05) is 34.8 Å². The number of aromatic nitrogens is 2. The molecule has 0 aliphatic carbocycles. The summed E-state index contributed by atoms with van der Waals surface area (Å²) >= 11 is 2.01. The van der Waals surface area contributed by atoms with E-state index in [2.05, 4.69) is 77.6 Å². The maximum absolute atomic E-state index is 12.2. The largest absolute Gasteiger partial charge is 0.370 e. The van der Waals surface area contributed by atoms with E-state index in [9.17, 15) is 4.79 Å². The summed E-state index contributed by atoms with van der Waals surface area (Å²) in [7, 11) is 0. The molecular formula is C25H31N5OS. The monoisotopic (exact) mass is 449 g/mol. The molecule has 1 saturated heterocycles. The quantitative estimate of drug-likeness (QED) is 0.503. The van der Waals surface area contributed by atoms with Gasteiger partial charge in [-0.1, -0.05) is 24.3 Å². The van der Waals surface area contributed by atoms with Crippen LogP contribution in [0.2, 0.25) is 0 Å². The highest BCUT2D eigenvalue weighted by Gasteiger charge is 2.19. The number of carbonyl (C=O) groups is 1. The van der Waals surface area contributed by atoms with Crippen LogP contribution in [0.5, 0.6) is 0 Å². The van der Waals surface area contributed by atoms with Crippen LogP contribution in [0.1, 0.15) is 43.9 Å². The molecule has 0 spiro atoms. The number of nitrogens with two attached hydrogens (primary N) is 1. The van der Waals surface area contributed by atoms with Gasteiger partial charge in [0.25, 0.3) is 5.91 Å². The zero-order valence-corrected chi connectivity index (χ0v) is 19.8. The van der Waals surface area contributed by atoms with Gasteiger partial charge in [-0.3, -0.25) is 9.89 Å². The molecule has 0 bridgehead atoms. The summed E-state index contributed by atoms with van der Waals surface area (Å²) in [5.74, 6) is 2.38. The van der Waals surface area contributed by atoms with Crippen molar-refractivity contribution in [1.82, 2.24) is 10.2 Å². The zero-order chi connectivity index (χ0) is 22.7. The third-order valence-corrected chi connectivity index (χ3v) is 7.17. The number of nitrogens with zero attached hydrogens (tertiary/aromatic N) is 2. The Morgan fingerprint density at radius 1 is 1.09 bits per heavy atom. The first-order valence-electron chi connectivity index (χ1n) is 11.0. The number of hydrogen-bond donors (Lipinski definition) is 3. The second-order valence-corrected chi connectivity index (χ2v) is 9.67. The van der Waals surface area contributed by atoms with Crippen molar-refractivity contribution < 1.29 is 4.79 Å². The van der Waals surface area contributed by atoms with Gasteiger partial charge >= 0.3 is 0 Å². The van der Waals surface area contributed by atoms with Crippen molar-refractivity contribution in [1.29, 1.82) is 0 Å². The molecule has 6 nitrogen and oxygen atoms in total. The van der Waals surface area contributed by atoms with Crippen LogP contribution in [-0.2, 0) is 13.0 Å². The number of anilines is 2. The van der Waals surface area contributed by atoms with E-state index in [1.165, 1.54) is 33.9 Å². The number of carbonyl (C=O) groups excluding carboxylic acids is 1. The summed E-state index contributed by atoms with van der Waals surface area (Å²) in [4.78, 5) is 14.7. The van der Waals surface area contributed by atoms with Crippen molar-refractivity contribution in [3.63, 3.8) is 0 Å². The van der Waals surface area contributed by atoms with Crippen LogP contribution in [0.25, 0.3) is 0 Å². The molecule has 0 atom stereocenters. The van der Waals surface area contributed by atoms with Gasteiger partial charge in [-0.25, -0.2) is 0 Å². The molecule has 32 heavy (non-hydrogen) atoms. The van der Waals surface area contributed by atoms with Gasteiger partial charge in [-0.15, -0.1) is 0 Å². The molecule has 1 aliphatic heterocycles. The Hall–Kier alpha value is -2.93. The number of aromatic amines is 1. The molecular weight excluding hydrogens is 418 g/mol. The summed E-state index contributed by atoms with van der Waals surface area (Å²) in [6, 6.07) is 12.9. The molecule has 7 heteroatoms. The Bertz CT molecular complexity index is 1080. The van der Waals surface area contributed by atoms with Crippen molar-refractivity contribution in [3.05, 3.63) is 75.5 Å². The van der Waals surface area contributed by atoms with Gasteiger partial charge in [0.05, 0.1) is 5.69 Å². The van der Waals surface area contributed by atoms with Crippen molar-refractivity contribution in [2.24, 2.45) is 5.73 Å². The highest BCUT2D eigenvalue weighted by Crippen LogP contribution is 2.24. The van der Waals surface area contributed by atoms with Gasteiger partial charge in [0.15, 0.2) is 5.82 Å². The molecule has 2 aromatic carbocycles. The Labute approximate surface area is 194 Å². The van der Waals surface area contributed by atoms with Crippen LogP contribution in [0.3, 0.4) is 0 Å². The lowest BCUT2D eigenvalue weighted by atomic mass is 10.0. The summed E-state index contributed by atoms with van der Waals surface area (Å²) < 4.78 is 0. The SMILES string of the molecule is Cc1cc(CNc2n[nH]c(Cc3ccc(N4CCSCC4)cc3)c2C(N)=O)cc(C)c1C. The molecule has 1 fully saturated rings. The maximum atomic E-state index is 12.2. The van der Waals surface area contributed by atoms with Gasteiger partial charge in [-0.2, -0.15) is 16.9 Å². The van der Waals surface area contributed by atoms with Crippen LogP contribution >= 0.6 is 11.8 Å². The molecule has 1 aliphatic rings. The number of hydrogen-bond acceptors (Lipinski definition) is 5. The highest BCUT2D eigenvalue weighted by molar-refractivity contribution is 7.99. The minimum atomic E-state index is -0.477. The average Bonchev–Trinajstić information content (AvgIpc) is 3.19. The van der Waals surface area contributed by atoms with Crippen LogP contribution in [0.15, 0.2) is 36.4 Å². The Balaban J connectivity index is 1.47. The zero-order valence-electron chi connectivity index (χ0n) is 19.0. The van der Waals surface area contributed by atoms with Gasteiger partial charge in [0.2, 0.25) is 0 Å². The Morgan fingerprint density at radius 2 is 1.75 bits per heavy atom. The lowest BCUT2D eigenvalue weighted by molar-refractivity contribution is 0.100. The Morgan fingerprint density at radius 3 is 2.38 bits per heavy atom.